The molecular weight excluding hydrogens is 328 g/mol. The third-order valence-electron chi connectivity index (χ3n) is 10.0. The zero-order chi connectivity index (χ0) is 17.4. The lowest BCUT2D eigenvalue weighted by Crippen LogP contribution is -2.39. The highest BCUT2D eigenvalue weighted by Gasteiger charge is 2.70. The maximum absolute atomic E-state index is 11.2. The summed E-state index contributed by atoms with van der Waals surface area (Å²) in [5.74, 6) is 9.45. The van der Waals surface area contributed by atoms with Gasteiger partial charge in [-0.25, -0.2) is 0 Å². The Labute approximate surface area is 159 Å². The molecule has 8 rings (SSSR count). The first-order valence-electron chi connectivity index (χ1n) is 11.0. The van der Waals surface area contributed by atoms with Crippen LogP contribution in [0.2, 0.25) is 0 Å². The van der Waals surface area contributed by atoms with Gasteiger partial charge in [0.2, 0.25) is 0 Å². The summed E-state index contributed by atoms with van der Waals surface area (Å²) >= 11 is 0. The molecule has 1 heteroatoms. The Morgan fingerprint density at radius 3 is 2.33 bits per heavy atom. The van der Waals surface area contributed by atoms with Crippen molar-refractivity contribution in [2.24, 2.45) is 47.3 Å². The molecule has 134 valence electrons. The number of carbonyl (C=O) groups excluding carboxylic acids is 1. The van der Waals surface area contributed by atoms with Crippen LogP contribution < -0.4 is 0 Å². The minimum Gasteiger partial charge on any atom is -0.298 e. The van der Waals surface area contributed by atoms with Gasteiger partial charge in [-0.15, -0.1) is 0 Å². The molecule has 0 aliphatic heterocycles. The minimum atomic E-state index is 0.792. The SMILES string of the molecule is O=Cc1ccc2c3c(ccc2c1)C1CC3C2C3CC(C4C5C=CC(C5)C34)C12. The highest BCUT2D eigenvalue weighted by atomic mass is 16.1. The molecular formula is C26H24O. The van der Waals surface area contributed by atoms with E-state index in [9.17, 15) is 4.79 Å². The summed E-state index contributed by atoms with van der Waals surface area (Å²) in [6.07, 6.45) is 10.6. The number of fused-ring (bicyclic) bond motifs is 21. The van der Waals surface area contributed by atoms with Crippen LogP contribution in [0.5, 0.6) is 0 Å². The smallest absolute Gasteiger partial charge is 0.150 e. The van der Waals surface area contributed by atoms with Crippen LogP contribution in [-0.2, 0) is 0 Å². The van der Waals surface area contributed by atoms with Crippen LogP contribution in [0, 0.1) is 47.3 Å². The predicted octanol–water partition coefficient (Wildman–Crippen LogP) is 5.56. The number of aldehydes is 1. The zero-order valence-electron chi connectivity index (χ0n) is 15.4. The van der Waals surface area contributed by atoms with E-state index < -0.39 is 0 Å². The summed E-state index contributed by atoms with van der Waals surface area (Å²) < 4.78 is 0. The van der Waals surface area contributed by atoms with Crippen LogP contribution in [0.4, 0.5) is 0 Å². The van der Waals surface area contributed by atoms with E-state index in [4.69, 9.17) is 0 Å². The van der Waals surface area contributed by atoms with E-state index in [0.29, 0.717) is 0 Å². The summed E-state index contributed by atoms with van der Waals surface area (Å²) in [6, 6.07) is 11.1. The number of rotatable bonds is 1. The van der Waals surface area contributed by atoms with Crippen molar-refractivity contribution in [2.45, 2.75) is 31.1 Å². The lowest BCUT2D eigenvalue weighted by Gasteiger charge is -2.44. The van der Waals surface area contributed by atoms with Crippen LogP contribution in [0.3, 0.4) is 0 Å². The first-order chi connectivity index (χ1) is 13.3. The van der Waals surface area contributed by atoms with Gasteiger partial charge in [0, 0.05) is 5.56 Å². The molecule has 27 heavy (non-hydrogen) atoms. The maximum Gasteiger partial charge on any atom is 0.150 e. The maximum atomic E-state index is 11.2. The van der Waals surface area contributed by atoms with Gasteiger partial charge in [-0.1, -0.05) is 36.4 Å². The van der Waals surface area contributed by atoms with Gasteiger partial charge in [0.25, 0.3) is 0 Å². The van der Waals surface area contributed by atoms with Crippen molar-refractivity contribution in [1.29, 1.82) is 0 Å². The first-order valence-corrected chi connectivity index (χ1v) is 11.0. The molecule has 6 bridgehead atoms. The van der Waals surface area contributed by atoms with E-state index in [1.165, 1.54) is 30.0 Å². The van der Waals surface area contributed by atoms with E-state index in [-0.39, 0.29) is 0 Å². The summed E-state index contributed by atoms with van der Waals surface area (Å²) in [5, 5.41) is 2.71. The molecule has 10 atom stereocenters. The second-order valence-electron chi connectivity index (χ2n) is 10.4. The molecule has 0 saturated heterocycles. The molecule has 0 spiro atoms. The van der Waals surface area contributed by atoms with E-state index in [1.807, 2.05) is 6.07 Å². The van der Waals surface area contributed by atoms with Crippen LogP contribution in [0.15, 0.2) is 42.5 Å². The van der Waals surface area contributed by atoms with E-state index in [1.54, 1.807) is 11.1 Å². The van der Waals surface area contributed by atoms with Gasteiger partial charge in [-0.05, 0) is 106 Å². The lowest BCUT2D eigenvalue weighted by atomic mass is 9.60. The van der Waals surface area contributed by atoms with Crippen molar-refractivity contribution < 1.29 is 4.79 Å². The van der Waals surface area contributed by atoms with E-state index in [2.05, 4.69) is 36.4 Å². The Bertz CT molecular complexity index is 1060. The number of hydrogen-bond acceptors (Lipinski definition) is 1. The van der Waals surface area contributed by atoms with E-state index >= 15 is 0 Å². The van der Waals surface area contributed by atoms with Crippen molar-refractivity contribution in [3.8, 4) is 0 Å². The van der Waals surface area contributed by atoms with Crippen LogP contribution >= 0.6 is 0 Å². The van der Waals surface area contributed by atoms with Gasteiger partial charge in [0.15, 0.2) is 0 Å². The average Bonchev–Trinajstić information content (AvgIpc) is 3.51. The number of allylic oxidation sites excluding steroid dienone is 2. The molecule has 2 aromatic rings. The average molecular weight is 352 g/mol. The number of benzene rings is 2. The van der Waals surface area contributed by atoms with Crippen molar-refractivity contribution >= 4 is 17.1 Å². The molecule has 0 heterocycles. The Hall–Kier alpha value is -1.89. The van der Waals surface area contributed by atoms with Crippen molar-refractivity contribution in [2.75, 3.05) is 0 Å². The summed E-state index contributed by atoms with van der Waals surface area (Å²) in [6.45, 7) is 0. The Morgan fingerprint density at radius 1 is 0.778 bits per heavy atom. The number of hydrogen-bond donors (Lipinski definition) is 0. The topological polar surface area (TPSA) is 17.1 Å². The van der Waals surface area contributed by atoms with E-state index in [0.717, 1.165) is 71.0 Å². The Balaban J connectivity index is 1.30. The molecule has 0 aromatic heterocycles. The molecule has 1 nitrogen and oxygen atoms in total. The molecule has 10 unspecified atom stereocenters. The fraction of sp³-hybridized carbons (Fsp3) is 0.500. The van der Waals surface area contributed by atoms with Crippen LogP contribution in [0.1, 0.15) is 52.6 Å². The second kappa shape index (κ2) is 4.40. The third-order valence-corrected chi connectivity index (χ3v) is 10.0. The molecule has 0 N–H and O–H groups in total. The third kappa shape index (κ3) is 1.42. The van der Waals surface area contributed by atoms with Crippen LogP contribution in [-0.4, -0.2) is 6.29 Å². The molecule has 6 aliphatic rings. The molecule has 4 saturated carbocycles. The lowest BCUT2D eigenvalue weighted by molar-refractivity contribution is 0.0885. The highest BCUT2D eigenvalue weighted by molar-refractivity contribution is 5.93. The summed E-state index contributed by atoms with van der Waals surface area (Å²) in [4.78, 5) is 11.2. The predicted molar refractivity (Wildman–Crippen MR) is 106 cm³/mol. The van der Waals surface area contributed by atoms with Crippen molar-refractivity contribution in [3.63, 3.8) is 0 Å². The van der Waals surface area contributed by atoms with Gasteiger partial charge in [0.05, 0.1) is 0 Å². The molecule has 0 amide bonds. The van der Waals surface area contributed by atoms with Gasteiger partial charge in [-0.3, -0.25) is 4.79 Å². The second-order valence-corrected chi connectivity index (χ2v) is 10.4. The Kier molecular flexibility index (Phi) is 2.31. The molecule has 2 aromatic carbocycles. The molecule has 4 fully saturated rings. The monoisotopic (exact) mass is 352 g/mol. The fourth-order valence-corrected chi connectivity index (χ4v) is 9.70. The standard InChI is InChI=1S/C26H24O/c27-11-12-1-5-16-13(7-12)4-6-17-18-9-21(24(16)17)26-20-10-19(25(18)26)22-14-2-3-15(8-14)23(20)22/h1-7,11,14-15,18-23,25-26H,8-10H2. The highest BCUT2D eigenvalue weighted by Crippen LogP contribution is 2.78. The fourth-order valence-electron chi connectivity index (χ4n) is 9.70. The van der Waals surface area contributed by atoms with Crippen molar-refractivity contribution in [1.82, 2.24) is 0 Å². The summed E-state index contributed by atoms with van der Waals surface area (Å²) in [7, 11) is 0. The normalized spacial score (nSPS) is 49.0. The first kappa shape index (κ1) is 14.2. The van der Waals surface area contributed by atoms with Gasteiger partial charge >= 0.3 is 0 Å². The van der Waals surface area contributed by atoms with Crippen LogP contribution in [0.25, 0.3) is 10.8 Å². The quantitative estimate of drug-likeness (QED) is 0.373. The zero-order valence-corrected chi connectivity index (χ0v) is 15.4. The van der Waals surface area contributed by atoms with Gasteiger partial charge in [-0.2, -0.15) is 0 Å². The van der Waals surface area contributed by atoms with Gasteiger partial charge in [0.1, 0.15) is 6.29 Å². The molecule has 6 aliphatic carbocycles. The largest absolute Gasteiger partial charge is 0.298 e. The van der Waals surface area contributed by atoms with Gasteiger partial charge < -0.3 is 0 Å². The minimum absolute atomic E-state index is 0.792. The number of carbonyl (C=O) groups is 1. The molecule has 0 radical (unpaired) electrons. The Morgan fingerprint density at radius 2 is 1.56 bits per heavy atom. The van der Waals surface area contributed by atoms with Crippen molar-refractivity contribution in [3.05, 3.63) is 59.2 Å². The summed E-state index contributed by atoms with van der Waals surface area (Å²) in [5.41, 5.74) is 4.16.